The van der Waals surface area contributed by atoms with E-state index >= 15 is 0 Å². The number of hydrazone groups is 1. The maximum absolute atomic E-state index is 13.1. The number of nitrogens with one attached hydrogen (secondary N) is 2. The third kappa shape index (κ3) is 7.74. The number of rotatable bonds is 12. The van der Waals surface area contributed by atoms with Crippen molar-refractivity contribution in [2.24, 2.45) is 5.10 Å². The van der Waals surface area contributed by atoms with Crippen molar-refractivity contribution in [2.75, 3.05) is 6.54 Å². The minimum atomic E-state index is -4.00. The van der Waals surface area contributed by atoms with Crippen molar-refractivity contribution in [1.29, 1.82) is 0 Å². The number of sulfonamides is 2. The number of nitrogens with zero attached hydrogens (tertiary/aromatic N) is 2. The summed E-state index contributed by atoms with van der Waals surface area (Å²) in [7, 11) is -7.74. The molecule has 0 saturated carbocycles. The number of halogens is 1. The smallest absolute Gasteiger partial charge is 0.255 e. The van der Waals surface area contributed by atoms with Gasteiger partial charge in [0, 0.05) is 4.47 Å². The molecular formula is C25H23BrN4O7S2. The van der Waals surface area contributed by atoms with E-state index in [1.807, 2.05) is 0 Å². The van der Waals surface area contributed by atoms with Crippen LogP contribution in [0.4, 0.5) is 0 Å². The van der Waals surface area contributed by atoms with Gasteiger partial charge in [-0.3, -0.25) is 4.79 Å². The first-order valence-corrected chi connectivity index (χ1v) is 15.1. The van der Waals surface area contributed by atoms with Gasteiger partial charge in [0.1, 0.15) is 17.3 Å². The molecule has 0 fully saturated rings. The molecule has 2 N–H and O–H groups in total. The molecule has 11 nitrogen and oxygen atoms in total. The molecule has 204 valence electrons. The van der Waals surface area contributed by atoms with Crippen molar-refractivity contribution in [1.82, 2.24) is 14.5 Å². The van der Waals surface area contributed by atoms with Crippen LogP contribution < -0.4 is 10.1 Å². The highest BCUT2D eigenvalue weighted by atomic mass is 79.9. The summed E-state index contributed by atoms with van der Waals surface area (Å²) in [5.74, 6) is 0.246. The Morgan fingerprint density at radius 3 is 2.33 bits per heavy atom. The van der Waals surface area contributed by atoms with Gasteiger partial charge >= 0.3 is 0 Å². The fourth-order valence-electron chi connectivity index (χ4n) is 3.33. The molecule has 2 aromatic carbocycles. The molecule has 0 saturated heterocycles. The van der Waals surface area contributed by atoms with E-state index in [2.05, 4.69) is 31.2 Å². The van der Waals surface area contributed by atoms with Gasteiger partial charge in [-0.15, -0.1) is 0 Å². The van der Waals surface area contributed by atoms with E-state index in [0.717, 1.165) is 8.78 Å². The van der Waals surface area contributed by atoms with Crippen LogP contribution in [0, 0.1) is 0 Å². The summed E-state index contributed by atoms with van der Waals surface area (Å²) in [6.45, 7) is -0.771. The maximum atomic E-state index is 13.1. The van der Waals surface area contributed by atoms with Crippen LogP contribution >= 0.6 is 15.9 Å². The second-order valence-electron chi connectivity index (χ2n) is 8.04. The fourth-order valence-corrected chi connectivity index (χ4v) is 5.97. The Hall–Kier alpha value is -3.56. The van der Waals surface area contributed by atoms with Gasteiger partial charge in [-0.25, -0.2) is 27.0 Å². The van der Waals surface area contributed by atoms with Crippen molar-refractivity contribution in [3.05, 3.63) is 107 Å². The molecule has 0 aliphatic heterocycles. The lowest BCUT2D eigenvalue weighted by Crippen LogP contribution is -2.38. The molecule has 4 aromatic rings. The summed E-state index contributed by atoms with van der Waals surface area (Å²) in [5, 5.41) is 3.82. The molecule has 0 atom stereocenters. The number of amides is 1. The van der Waals surface area contributed by atoms with Crippen molar-refractivity contribution in [3.63, 3.8) is 0 Å². The van der Waals surface area contributed by atoms with Gasteiger partial charge in [-0.1, -0.05) is 34.1 Å². The maximum Gasteiger partial charge on any atom is 0.255 e. The molecule has 2 aromatic heterocycles. The highest BCUT2D eigenvalue weighted by Crippen LogP contribution is 2.18. The zero-order valence-corrected chi connectivity index (χ0v) is 23.4. The summed E-state index contributed by atoms with van der Waals surface area (Å²) in [5.41, 5.74) is 2.27. The van der Waals surface area contributed by atoms with E-state index in [9.17, 15) is 21.6 Å². The predicted octanol–water partition coefficient (Wildman–Crippen LogP) is 3.45. The van der Waals surface area contributed by atoms with E-state index in [4.69, 9.17) is 8.83 Å². The molecule has 0 spiro atoms. The van der Waals surface area contributed by atoms with Crippen molar-refractivity contribution in [3.8, 4) is 0 Å². The molecule has 0 aliphatic rings. The van der Waals surface area contributed by atoms with E-state index in [-0.39, 0.29) is 28.6 Å². The SMILES string of the molecule is O=C(CN(Cc1ccco1)S(=O)(=O)c1ccccc1)N/N=C\c1ccc(CNS(=O)(=O)c2ccc(Br)cc2)o1. The number of hydrogen-bond donors (Lipinski definition) is 2. The van der Waals surface area contributed by atoms with E-state index in [0.29, 0.717) is 11.5 Å². The zero-order valence-electron chi connectivity index (χ0n) is 20.2. The van der Waals surface area contributed by atoms with Crippen LogP contribution in [0.15, 0.2) is 113 Å². The number of furan rings is 2. The van der Waals surface area contributed by atoms with Crippen molar-refractivity contribution >= 4 is 48.1 Å². The zero-order chi connectivity index (χ0) is 27.9. The van der Waals surface area contributed by atoms with Gasteiger partial charge in [-0.05, 0) is 60.7 Å². The highest BCUT2D eigenvalue weighted by Gasteiger charge is 2.27. The monoisotopic (exact) mass is 634 g/mol. The molecule has 0 radical (unpaired) electrons. The molecule has 39 heavy (non-hydrogen) atoms. The molecule has 0 bridgehead atoms. The van der Waals surface area contributed by atoms with Gasteiger partial charge in [0.2, 0.25) is 20.0 Å². The standard InChI is InChI=1S/C25H23BrN4O7S2/c26-19-8-12-23(13-9-19)38(32,33)28-16-21-11-10-20(37-21)15-27-29-25(31)18-30(17-22-5-4-14-36-22)39(34,35)24-6-2-1-3-7-24/h1-15,28H,16-18H2,(H,29,31)/b27-15-. The first-order chi connectivity index (χ1) is 18.6. The quantitative estimate of drug-likeness (QED) is 0.179. The number of hydrogen-bond acceptors (Lipinski definition) is 8. The third-order valence-electron chi connectivity index (χ3n) is 5.24. The van der Waals surface area contributed by atoms with E-state index in [1.165, 1.54) is 36.7 Å². The van der Waals surface area contributed by atoms with Gasteiger partial charge < -0.3 is 8.83 Å². The molecule has 0 unspecified atom stereocenters. The Morgan fingerprint density at radius 2 is 1.64 bits per heavy atom. The lowest BCUT2D eigenvalue weighted by molar-refractivity contribution is -0.121. The lowest BCUT2D eigenvalue weighted by Gasteiger charge is -2.20. The van der Waals surface area contributed by atoms with Crippen LogP contribution in [-0.4, -0.2) is 39.8 Å². The topological polar surface area (TPSA) is 151 Å². The Morgan fingerprint density at radius 1 is 0.897 bits per heavy atom. The summed E-state index contributed by atoms with van der Waals surface area (Å²) in [4.78, 5) is 12.7. The summed E-state index contributed by atoms with van der Waals surface area (Å²) in [6.07, 6.45) is 2.63. The van der Waals surface area contributed by atoms with Crippen LogP contribution in [0.2, 0.25) is 0 Å². The van der Waals surface area contributed by atoms with Crippen LogP contribution in [0.1, 0.15) is 17.3 Å². The van der Waals surface area contributed by atoms with Gasteiger partial charge in [0.05, 0.1) is 41.9 Å². The molecule has 4 rings (SSSR count). The predicted molar refractivity (Wildman–Crippen MR) is 145 cm³/mol. The minimum absolute atomic E-state index is 0.0340. The Kier molecular flexibility index (Phi) is 9.14. The third-order valence-corrected chi connectivity index (χ3v) is 8.99. The first-order valence-electron chi connectivity index (χ1n) is 11.4. The summed E-state index contributed by atoms with van der Waals surface area (Å²) < 4.78 is 66.1. The normalized spacial score (nSPS) is 12.3. The fraction of sp³-hybridized carbons (Fsp3) is 0.120. The average molecular weight is 636 g/mol. The van der Waals surface area contributed by atoms with E-state index < -0.39 is 32.5 Å². The van der Waals surface area contributed by atoms with Crippen LogP contribution in [0.3, 0.4) is 0 Å². The van der Waals surface area contributed by atoms with Gasteiger partial charge in [0.15, 0.2) is 0 Å². The van der Waals surface area contributed by atoms with Crippen molar-refractivity contribution in [2.45, 2.75) is 22.9 Å². The van der Waals surface area contributed by atoms with E-state index in [1.54, 1.807) is 54.6 Å². The molecule has 1 amide bonds. The summed E-state index contributed by atoms with van der Waals surface area (Å²) >= 11 is 3.26. The van der Waals surface area contributed by atoms with Crippen LogP contribution in [0.25, 0.3) is 0 Å². The second-order valence-corrected chi connectivity index (χ2v) is 12.7. The number of benzene rings is 2. The largest absolute Gasteiger partial charge is 0.468 e. The Balaban J connectivity index is 1.35. The Bertz CT molecular complexity index is 1640. The molecular weight excluding hydrogens is 612 g/mol. The van der Waals surface area contributed by atoms with Crippen LogP contribution in [-0.2, 0) is 37.9 Å². The molecule has 0 aliphatic carbocycles. The lowest BCUT2D eigenvalue weighted by atomic mass is 10.4. The van der Waals surface area contributed by atoms with Crippen molar-refractivity contribution < 1.29 is 30.5 Å². The number of carbonyl (C=O) groups is 1. The molecule has 14 heteroatoms. The first kappa shape index (κ1) is 28.4. The summed E-state index contributed by atoms with van der Waals surface area (Å²) in [6, 6.07) is 20.3. The van der Waals surface area contributed by atoms with Crippen LogP contribution in [0.5, 0.6) is 0 Å². The highest BCUT2D eigenvalue weighted by molar-refractivity contribution is 9.10. The van der Waals surface area contributed by atoms with Gasteiger partial charge in [-0.2, -0.15) is 9.41 Å². The van der Waals surface area contributed by atoms with Gasteiger partial charge in [0.25, 0.3) is 5.91 Å². The Labute approximate surface area is 233 Å². The second kappa shape index (κ2) is 12.5. The molecule has 2 heterocycles. The number of carbonyl (C=O) groups excluding carboxylic acids is 1. The minimum Gasteiger partial charge on any atom is -0.468 e. The average Bonchev–Trinajstić information content (AvgIpc) is 3.60.